The second-order valence-electron chi connectivity index (χ2n) is 4.60. The fourth-order valence-electron chi connectivity index (χ4n) is 1.80. The number of rotatable bonds is 5. The predicted molar refractivity (Wildman–Crippen MR) is 83.2 cm³/mol. The van der Waals surface area contributed by atoms with Gasteiger partial charge in [-0.25, -0.2) is 4.98 Å². The van der Waals surface area contributed by atoms with E-state index < -0.39 is 5.91 Å². The molecule has 1 heterocycles. The lowest BCUT2D eigenvalue weighted by Crippen LogP contribution is -2.12. The Morgan fingerprint density at radius 1 is 1.41 bits per heavy atom. The Morgan fingerprint density at radius 2 is 2.18 bits per heavy atom. The predicted octanol–water partition coefficient (Wildman–Crippen LogP) is 2.52. The van der Waals surface area contributed by atoms with E-state index in [-0.39, 0.29) is 23.7 Å². The van der Waals surface area contributed by atoms with Gasteiger partial charge < -0.3 is 9.84 Å². The summed E-state index contributed by atoms with van der Waals surface area (Å²) in [5, 5.41) is 14.4. The summed E-state index contributed by atoms with van der Waals surface area (Å²) in [7, 11) is 0. The number of nitrogens with one attached hydrogen (secondary N) is 1. The summed E-state index contributed by atoms with van der Waals surface area (Å²) < 4.78 is 4.84. The molecule has 1 aromatic heterocycles. The van der Waals surface area contributed by atoms with E-state index in [9.17, 15) is 14.7 Å². The first-order valence-electron chi connectivity index (χ1n) is 6.70. The number of aromatic hydroxyl groups is 1. The van der Waals surface area contributed by atoms with Gasteiger partial charge in [0.2, 0.25) is 0 Å². The van der Waals surface area contributed by atoms with Crippen molar-refractivity contribution in [1.29, 1.82) is 0 Å². The van der Waals surface area contributed by atoms with Gasteiger partial charge in [0.15, 0.2) is 5.13 Å². The van der Waals surface area contributed by atoms with Gasteiger partial charge in [0.05, 0.1) is 24.3 Å². The number of carbonyl (C=O) groups is 2. The number of hydrogen-bond acceptors (Lipinski definition) is 6. The first-order chi connectivity index (χ1) is 10.5. The second kappa shape index (κ2) is 7.04. The number of aryl methyl sites for hydroxylation is 1. The molecule has 0 aliphatic rings. The van der Waals surface area contributed by atoms with Gasteiger partial charge >= 0.3 is 5.97 Å². The Bertz CT molecular complexity index is 697. The molecule has 0 aliphatic heterocycles. The van der Waals surface area contributed by atoms with Crippen LogP contribution in [0, 0.1) is 6.92 Å². The molecule has 116 valence electrons. The fraction of sp³-hybridized carbons (Fsp3) is 0.267. The molecule has 0 aliphatic carbocycles. The van der Waals surface area contributed by atoms with Crippen molar-refractivity contribution >= 4 is 28.3 Å². The van der Waals surface area contributed by atoms with Crippen molar-refractivity contribution in [2.45, 2.75) is 20.3 Å². The normalized spacial score (nSPS) is 10.3. The lowest BCUT2D eigenvalue weighted by molar-refractivity contribution is -0.142. The first-order valence-corrected chi connectivity index (χ1v) is 7.58. The zero-order valence-corrected chi connectivity index (χ0v) is 13.1. The molecule has 22 heavy (non-hydrogen) atoms. The summed E-state index contributed by atoms with van der Waals surface area (Å²) in [5.41, 5.74) is 1.57. The largest absolute Gasteiger partial charge is 0.507 e. The number of ether oxygens (including phenoxy) is 1. The molecule has 0 fully saturated rings. The molecule has 2 rings (SSSR count). The quantitative estimate of drug-likeness (QED) is 0.826. The van der Waals surface area contributed by atoms with Gasteiger partial charge in [0, 0.05) is 5.38 Å². The van der Waals surface area contributed by atoms with Crippen LogP contribution in [-0.2, 0) is 16.0 Å². The summed E-state index contributed by atoms with van der Waals surface area (Å²) in [6.45, 7) is 3.88. The summed E-state index contributed by atoms with van der Waals surface area (Å²) in [6, 6.07) is 4.80. The van der Waals surface area contributed by atoms with Crippen LogP contribution in [0.3, 0.4) is 0 Å². The molecule has 0 saturated heterocycles. The van der Waals surface area contributed by atoms with Crippen molar-refractivity contribution < 1.29 is 19.4 Å². The lowest BCUT2D eigenvalue weighted by atomic mass is 10.1. The second-order valence-corrected chi connectivity index (χ2v) is 5.46. The van der Waals surface area contributed by atoms with Crippen molar-refractivity contribution in [2.24, 2.45) is 0 Å². The molecule has 0 bridgehead atoms. The molecular formula is C15H16N2O4S. The van der Waals surface area contributed by atoms with Crippen LogP contribution < -0.4 is 5.32 Å². The molecule has 2 aromatic rings. The zero-order valence-electron chi connectivity index (χ0n) is 12.3. The number of thiazole rings is 1. The highest BCUT2D eigenvalue weighted by atomic mass is 32.1. The van der Waals surface area contributed by atoms with Crippen LogP contribution in [0.1, 0.15) is 28.5 Å². The Morgan fingerprint density at radius 3 is 2.86 bits per heavy atom. The van der Waals surface area contributed by atoms with Crippen LogP contribution in [0.25, 0.3) is 0 Å². The van der Waals surface area contributed by atoms with Gasteiger partial charge in [0.1, 0.15) is 5.75 Å². The van der Waals surface area contributed by atoms with E-state index in [1.54, 1.807) is 24.4 Å². The fourth-order valence-corrected chi connectivity index (χ4v) is 2.51. The molecule has 6 nitrogen and oxygen atoms in total. The summed E-state index contributed by atoms with van der Waals surface area (Å²) >= 11 is 1.21. The average molecular weight is 320 g/mol. The number of nitrogens with zero attached hydrogens (tertiary/aromatic N) is 1. The minimum Gasteiger partial charge on any atom is -0.507 e. The third kappa shape index (κ3) is 4.05. The van der Waals surface area contributed by atoms with E-state index in [1.165, 1.54) is 17.4 Å². The van der Waals surface area contributed by atoms with E-state index in [4.69, 9.17) is 4.74 Å². The number of phenols is 1. The van der Waals surface area contributed by atoms with Crippen molar-refractivity contribution in [1.82, 2.24) is 4.98 Å². The highest BCUT2D eigenvalue weighted by Gasteiger charge is 2.14. The van der Waals surface area contributed by atoms with E-state index in [1.807, 2.05) is 6.92 Å². The van der Waals surface area contributed by atoms with Gasteiger partial charge in [-0.2, -0.15) is 0 Å². The van der Waals surface area contributed by atoms with E-state index in [0.717, 1.165) is 5.56 Å². The van der Waals surface area contributed by atoms with Crippen LogP contribution in [0.15, 0.2) is 23.6 Å². The minimum atomic E-state index is -0.450. The third-order valence-electron chi connectivity index (χ3n) is 2.80. The SMILES string of the molecule is CCOC(=O)Cc1csc(NC(=O)c2ccc(C)cc2O)n1. The van der Waals surface area contributed by atoms with Crippen molar-refractivity contribution in [3.63, 3.8) is 0 Å². The molecular weight excluding hydrogens is 304 g/mol. The molecule has 0 spiro atoms. The number of aromatic nitrogens is 1. The van der Waals surface area contributed by atoms with Gasteiger partial charge in [-0.3, -0.25) is 14.9 Å². The number of esters is 1. The minimum absolute atomic E-state index is 0.0655. The molecule has 2 N–H and O–H groups in total. The number of phenolic OH excluding ortho intramolecular Hbond substituents is 1. The Labute approximate surface area is 131 Å². The van der Waals surface area contributed by atoms with E-state index in [2.05, 4.69) is 10.3 Å². The number of benzene rings is 1. The topological polar surface area (TPSA) is 88.5 Å². The zero-order chi connectivity index (χ0) is 16.1. The summed E-state index contributed by atoms with van der Waals surface area (Å²) in [4.78, 5) is 27.6. The van der Waals surface area contributed by atoms with E-state index in [0.29, 0.717) is 17.4 Å². The van der Waals surface area contributed by atoms with Gasteiger partial charge in [-0.15, -0.1) is 11.3 Å². The van der Waals surface area contributed by atoms with Crippen molar-refractivity contribution in [3.05, 3.63) is 40.4 Å². The van der Waals surface area contributed by atoms with Crippen LogP contribution >= 0.6 is 11.3 Å². The summed E-state index contributed by atoms with van der Waals surface area (Å²) in [6.07, 6.45) is 0.0655. The highest BCUT2D eigenvalue weighted by molar-refractivity contribution is 7.14. The highest BCUT2D eigenvalue weighted by Crippen LogP contribution is 2.22. The summed E-state index contributed by atoms with van der Waals surface area (Å²) in [5.74, 6) is -0.891. The molecule has 0 saturated carbocycles. The van der Waals surface area contributed by atoms with Crippen LogP contribution in [0.5, 0.6) is 5.75 Å². The van der Waals surface area contributed by atoms with Crippen LogP contribution in [-0.4, -0.2) is 28.6 Å². The van der Waals surface area contributed by atoms with Crippen LogP contribution in [0.2, 0.25) is 0 Å². The Balaban J connectivity index is 2.03. The van der Waals surface area contributed by atoms with Crippen molar-refractivity contribution in [3.8, 4) is 5.75 Å². The lowest BCUT2D eigenvalue weighted by Gasteiger charge is -2.05. The van der Waals surface area contributed by atoms with Gasteiger partial charge in [0.25, 0.3) is 5.91 Å². The van der Waals surface area contributed by atoms with E-state index >= 15 is 0 Å². The Hall–Kier alpha value is -2.41. The number of amides is 1. The maximum atomic E-state index is 12.1. The molecule has 1 amide bonds. The molecule has 0 atom stereocenters. The monoisotopic (exact) mass is 320 g/mol. The van der Waals surface area contributed by atoms with Crippen LogP contribution in [0.4, 0.5) is 5.13 Å². The van der Waals surface area contributed by atoms with Crippen molar-refractivity contribution in [2.75, 3.05) is 11.9 Å². The van der Waals surface area contributed by atoms with Gasteiger partial charge in [-0.1, -0.05) is 6.07 Å². The molecule has 7 heteroatoms. The maximum absolute atomic E-state index is 12.1. The number of carbonyl (C=O) groups excluding carboxylic acids is 2. The Kier molecular flexibility index (Phi) is 5.11. The third-order valence-corrected chi connectivity index (χ3v) is 3.61. The smallest absolute Gasteiger partial charge is 0.311 e. The number of anilines is 1. The molecule has 0 radical (unpaired) electrons. The molecule has 0 unspecified atom stereocenters. The molecule has 1 aromatic carbocycles. The standard InChI is InChI=1S/C15H16N2O4S/c1-3-21-13(19)7-10-8-22-15(16-10)17-14(20)11-5-4-9(2)6-12(11)18/h4-6,8,18H,3,7H2,1-2H3,(H,16,17,20). The number of hydrogen-bond donors (Lipinski definition) is 2. The average Bonchev–Trinajstić information content (AvgIpc) is 2.85. The van der Waals surface area contributed by atoms with Gasteiger partial charge in [-0.05, 0) is 31.5 Å². The maximum Gasteiger partial charge on any atom is 0.311 e. The first kappa shape index (κ1) is 16.0.